The van der Waals surface area contributed by atoms with Crippen LogP contribution in [0.2, 0.25) is 5.02 Å². The van der Waals surface area contributed by atoms with Crippen molar-refractivity contribution in [3.8, 4) is 6.07 Å². The summed E-state index contributed by atoms with van der Waals surface area (Å²) in [5.41, 5.74) is 8.40. The minimum Gasteiger partial charge on any atom is -0.389 e. The van der Waals surface area contributed by atoms with Gasteiger partial charge in [0.15, 0.2) is 5.82 Å². The molecule has 0 radical (unpaired) electrons. The van der Waals surface area contributed by atoms with E-state index in [-0.39, 0.29) is 16.7 Å². The topological polar surface area (TPSA) is 88.2 Å². The van der Waals surface area contributed by atoms with Crippen molar-refractivity contribution in [3.05, 3.63) is 39.1 Å². The molecule has 4 nitrogen and oxygen atoms in total. The third kappa shape index (κ3) is 4.03. The molecule has 0 amide bonds. The van der Waals surface area contributed by atoms with E-state index in [2.05, 4.69) is 17.6 Å². The molecule has 4 N–H and O–H groups in total. The number of nitrogens with two attached hydrogens (primary N) is 2. The van der Waals surface area contributed by atoms with Gasteiger partial charge in [0.25, 0.3) is 0 Å². The van der Waals surface area contributed by atoms with E-state index in [0.29, 0.717) is 6.07 Å². The molecule has 0 saturated carbocycles. The van der Waals surface area contributed by atoms with Gasteiger partial charge in [-0.05, 0) is 12.1 Å². The lowest BCUT2D eigenvalue weighted by molar-refractivity contribution is -0.137. The highest BCUT2D eigenvalue weighted by molar-refractivity contribution is 7.85. The molecule has 0 atom stereocenters. The van der Waals surface area contributed by atoms with Crippen LogP contribution >= 0.6 is 24.2 Å². The van der Waals surface area contributed by atoms with Crippen molar-refractivity contribution in [1.82, 2.24) is 0 Å². The molecule has 0 aliphatic carbocycles. The van der Waals surface area contributed by atoms with Gasteiger partial charge in [-0.1, -0.05) is 11.6 Å². The Kier molecular flexibility index (Phi) is 5.09. The number of nitriles is 1. The highest BCUT2D eigenvalue weighted by atomic mass is 35.5. The molecule has 21 heavy (non-hydrogen) atoms. The molecule has 0 bridgehead atoms. The fraction of sp³-hybridized carbons (Fsp3) is 0.0909. The van der Waals surface area contributed by atoms with Crippen LogP contribution in [0.15, 0.2) is 27.7 Å². The van der Waals surface area contributed by atoms with Crippen molar-refractivity contribution in [3.63, 3.8) is 0 Å². The highest BCUT2D eigenvalue weighted by Crippen LogP contribution is 2.37. The molecule has 0 fully saturated rings. The summed E-state index contributed by atoms with van der Waals surface area (Å²) in [4.78, 5) is 3.26. The third-order valence-electron chi connectivity index (χ3n) is 2.19. The monoisotopic (exact) mass is 338 g/mol. The van der Waals surface area contributed by atoms with Gasteiger partial charge in [0.05, 0.1) is 15.5 Å². The summed E-state index contributed by atoms with van der Waals surface area (Å²) in [5, 5.41) is 7.94. The SMILES string of the molecule is N#C/C(N)=C(\S)C(N)=Nc1c(F)cc(C(F)(F)F)cc1Cl. The molecule has 1 rings (SSSR count). The number of hydrogen-bond acceptors (Lipinski definition) is 4. The van der Waals surface area contributed by atoms with E-state index in [0.717, 1.165) is 0 Å². The first-order valence-electron chi connectivity index (χ1n) is 5.07. The quantitative estimate of drug-likeness (QED) is 0.254. The summed E-state index contributed by atoms with van der Waals surface area (Å²) in [6.45, 7) is 0. The van der Waals surface area contributed by atoms with Crippen molar-refractivity contribution in [2.24, 2.45) is 16.5 Å². The van der Waals surface area contributed by atoms with E-state index in [9.17, 15) is 17.6 Å². The second kappa shape index (κ2) is 6.24. The van der Waals surface area contributed by atoms with Crippen molar-refractivity contribution in [1.29, 1.82) is 5.26 Å². The summed E-state index contributed by atoms with van der Waals surface area (Å²) in [7, 11) is 0. The molecule has 1 aromatic rings. The number of thiol groups is 1. The number of halogens is 5. The van der Waals surface area contributed by atoms with Gasteiger partial charge in [0, 0.05) is 0 Å². The Hall–Kier alpha value is -1.92. The second-order valence-electron chi connectivity index (χ2n) is 3.66. The number of amidine groups is 1. The minimum atomic E-state index is -4.75. The molecule has 0 aromatic heterocycles. The number of rotatable bonds is 2. The first-order valence-corrected chi connectivity index (χ1v) is 5.90. The first-order chi connectivity index (χ1) is 9.57. The Morgan fingerprint density at radius 1 is 1.33 bits per heavy atom. The zero-order valence-corrected chi connectivity index (χ0v) is 11.7. The van der Waals surface area contributed by atoms with Gasteiger partial charge in [-0.2, -0.15) is 18.4 Å². The molecule has 1 aromatic carbocycles. The molecule has 0 aliphatic rings. The van der Waals surface area contributed by atoms with Crippen LogP contribution in [0.4, 0.5) is 23.2 Å². The normalized spacial score (nSPS) is 13.7. The maximum atomic E-state index is 13.7. The van der Waals surface area contributed by atoms with Crippen LogP contribution in [-0.2, 0) is 6.18 Å². The second-order valence-corrected chi connectivity index (χ2v) is 4.51. The lowest BCUT2D eigenvalue weighted by Gasteiger charge is -2.09. The van der Waals surface area contributed by atoms with E-state index >= 15 is 0 Å². The number of aliphatic imine (C=N–C) groups is 1. The van der Waals surface area contributed by atoms with Crippen molar-refractivity contribution < 1.29 is 17.6 Å². The largest absolute Gasteiger partial charge is 0.416 e. The van der Waals surface area contributed by atoms with Crippen LogP contribution in [0.25, 0.3) is 0 Å². The van der Waals surface area contributed by atoms with Gasteiger partial charge in [0.2, 0.25) is 0 Å². The summed E-state index contributed by atoms with van der Waals surface area (Å²) < 4.78 is 51.1. The predicted octanol–water partition coefficient (Wildman–Crippen LogP) is 3.11. The van der Waals surface area contributed by atoms with Crippen LogP contribution in [0, 0.1) is 17.1 Å². The summed E-state index contributed by atoms with van der Waals surface area (Å²) >= 11 is 9.36. The maximum Gasteiger partial charge on any atom is 0.416 e. The standard InChI is InChI=1S/C11H7ClF4N4S/c12-5-1-4(11(14,15)16)2-6(13)8(5)20-10(19)9(21)7(18)3-17/h1-2,21H,18H2,(H2,19,20)/b9-7+. The summed E-state index contributed by atoms with van der Waals surface area (Å²) in [6, 6.07) is 2.27. The molecule has 112 valence electrons. The number of alkyl halides is 3. The lowest BCUT2D eigenvalue weighted by atomic mass is 10.2. The molecule has 0 saturated heterocycles. The van der Waals surface area contributed by atoms with E-state index in [1.165, 1.54) is 6.07 Å². The molecule has 0 aliphatic heterocycles. The fourth-order valence-corrected chi connectivity index (χ4v) is 1.55. The first kappa shape index (κ1) is 17.1. The van der Waals surface area contributed by atoms with Crippen molar-refractivity contribution in [2.45, 2.75) is 6.18 Å². The van der Waals surface area contributed by atoms with Gasteiger partial charge in [-0.15, -0.1) is 12.6 Å². The number of benzene rings is 1. The highest BCUT2D eigenvalue weighted by Gasteiger charge is 2.32. The molecule has 0 heterocycles. The van der Waals surface area contributed by atoms with Crippen LogP contribution in [0.1, 0.15) is 5.56 Å². The van der Waals surface area contributed by atoms with E-state index < -0.39 is 34.1 Å². The zero-order chi connectivity index (χ0) is 16.4. The average molecular weight is 339 g/mol. The van der Waals surface area contributed by atoms with E-state index in [1.54, 1.807) is 0 Å². The van der Waals surface area contributed by atoms with Crippen LogP contribution in [0.5, 0.6) is 0 Å². The molecule has 0 unspecified atom stereocenters. The Morgan fingerprint density at radius 3 is 2.33 bits per heavy atom. The lowest BCUT2D eigenvalue weighted by Crippen LogP contribution is -2.15. The van der Waals surface area contributed by atoms with Gasteiger partial charge in [0.1, 0.15) is 23.3 Å². The number of nitrogens with zero attached hydrogens (tertiary/aromatic N) is 2. The maximum absolute atomic E-state index is 13.7. The minimum absolute atomic E-state index is 0.230. The number of hydrogen-bond donors (Lipinski definition) is 3. The summed E-state index contributed by atoms with van der Waals surface area (Å²) in [6.07, 6.45) is -4.75. The van der Waals surface area contributed by atoms with Gasteiger partial charge < -0.3 is 11.5 Å². The fourth-order valence-electron chi connectivity index (χ4n) is 1.20. The van der Waals surface area contributed by atoms with Crippen LogP contribution in [0.3, 0.4) is 0 Å². The summed E-state index contributed by atoms with van der Waals surface area (Å²) in [5.74, 6) is -1.78. The smallest absolute Gasteiger partial charge is 0.389 e. The molecule has 0 spiro atoms. The Balaban J connectivity index is 3.39. The zero-order valence-electron chi connectivity index (χ0n) is 10.0. The Morgan fingerprint density at radius 2 is 1.90 bits per heavy atom. The molecular formula is C11H7ClF4N4S. The predicted molar refractivity (Wildman–Crippen MR) is 73.5 cm³/mol. The van der Waals surface area contributed by atoms with Gasteiger partial charge in [-0.3, -0.25) is 0 Å². The van der Waals surface area contributed by atoms with Gasteiger partial charge in [-0.25, -0.2) is 9.38 Å². The van der Waals surface area contributed by atoms with Crippen LogP contribution < -0.4 is 11.5 Å². The third-order valence-corrected chi connectivity index (χ3v) is 2.95. The van der Waals surface area contributed by atoms with Gasteiger partial charge >= 0.3 is 6.18 Å². The van der Waals surface area contributed by atoms with Crippen molar-refractivity contribution in [2.75, 3.05) is 0 Å². The average Bonchev–Trinajstić information content (AvgIpc) is 2.39. The van der Waals surface area contributed by atoms with Crippen LogP contribution in [-0.4, -0.2) is 5.84 Å². The molecular weight excluding hydrogens is 332 g/mol. The van der Waals surface area contributed by atoms with E-state index in [4.69, 9.17) is 28.3 Å². The number of allylic oxidation sites excluding steroid dienone is 1. The van der Waals surface area contributed by atoms with E-state index in [1.807, 2.05) is 0 Å². The Labute approximate surface area is 127 Å². The Bertz CT molecular complexity index is 653. The molecule has 10 heteroatoms. The van der Waals surface area contributed by atoms with Crippen molar-refractivity contribution >= 4 is 35.8 Å².